The maximum atomic E-state index is 5.78. The van der Waals surface area contributed by atoms with Crippen LogP contribution >= 0.6 is 45.2 Å². The first-order valence-electron chi connectivity index (χ1n) is 4.51. The minimum Gasteiger partial charge on any atom is -0.456 e. The average Bonchev–Trinajstić information content (AvgIpc) is 2.54. The van der Waals surface area contributed by atoms with Gasteiger partial charge in [-0.05, 0) is 81.6 Å². The van der Waals surface area contributed by atoms with Gasteiger partial charge < -0.3 is 4.42 Å². The Kier molecular flexibility index (Phi) is 2.39. The zero-order chi connectivity index (χ0) is 10.4. The second kappa shape index (κ2) is 3.62. The lowest BCUT2D eigenvalue weighted by Crippen LogP contribution is -1.70. The lowest BCUT2D eigenvalue weighted by atomic mass is 10.2. The Bertz CT molecular complexity index is 655. The van der Waals surface area contributed by atoms with Crippen LogP contribution in [0.4, 0.5) is 0 Å². The summed E-state index contributed by atoms with van der Waals surface area (Å²) in [6.07, 6.45) is 0. The molecule has 0 atom stereocenters. The summed E-state index contributed by atoms with van der Waals surface area (Å²) in [6.45, 7) is 0. The molecule has 0 radical (unpaired) electrons. The van der Waals surface area contributed by atoms with Gasteiger partial charge in [0.25, 0.3) is 0 Å². The van der Waals surface area contributed by atoms with Crippen molar-refractivity contribution in [1.82, 2.24) is 0 Å². The highest BCUT2D eigenvalue weighted by Gasteiger charge is 2.06. The van der Waals surface area contributed by atoms with Crippen molar-refractivity contribution in [3.63, 3.8) is 0 Å². The highest BCUT2D eigenvalue weighted by molar-refractivity contribution is 14.1. The molecule has 0 amide bonds. The number of benzene rings is 2. The topological polar surface area (TPSA) is 13.1 Å². The van der Waals surface area contributed by atoms with Gasteiger partial charge in [-0.15, -0.1) is 0 Å². The quantitative estimate of drug-likeness (QED) is 0.477. The molecule has 3 heteroatoms. The third-order valence-corrected chi connectivity index (χ3v) is 3.74. The van der Waals surface area contributed by atoms with Crippen molar-refractivity contribution < 1.29 is 4.42 Å². The summed E-state index contributed by atoms with van der Waals surface area (Å²) in [4.78, 5) is 0. The van der Waals surface area contributed by atoms with Crippen LogP contribution in [-0.4, -0.2) is 0 Å². The largest absolute Gasteiger partial charge is 0.456 e. The Labute approximate surface area is 114 Å². The molecule has 0 bridgehead atoms. The molecule has 0 aliphatic carbocycles. The Morgan fingerprint density at radius 1 is 0.733 bits per heavy atom. The summed E-state index contributed by atoms with van der Waals surface area (Å²) >= 11 is 4.62. The number of furan rings is 1. The lowest BCUT2D eigenvalue weighted by Gasteiger charge is -1.90. The van der Waals surface area contributed by atoms with Crippen LogP contribution < -0.4 is 0 Å². The molecule has 1 nitrogen and oxygen atoms in total. The van der Waals surface area contributed by atoms with Crippen LogP contribution in [0.5, 0.6) is 0 Å². The van der Waals surface area contributed by atoms with E-state index < -0.39 is 0 Å². The van der Waals surface area contributed by atoms with E-state index in [1.54, 1.807) is 0 Å². The number of halogens is 2. The van der Waals surface area contributed by atoms with Gasteiger partial charge in [0.15, 0.2) is 0 Å². The monoisotopic (exact) mass is 420 g/mol. The van der Waals surface area contributed by atoms with Crippen LogP contribution in [0, 0.1) is 7.14 Å². The molecule has 3 rings (SSSR count). The predicted molar refractivity (Wildman–Crippen MR) is 79.2 cm³/mol. The molecule has 3 aromatic rings. The van der Waals surface area contributed by atoms with Crippen LogP contribution in [-0.2, 0) is 0 Å². The molecule has 0 unspecified atom stereocenters. The molecular formula is C12H6I2O. The maximum Gasteiger partial charge on any atom is 0.136 e. The van der Waals surface area contributed by atoms with Crippen molar-refractivity contribution in [3.05, 3.63) is 43.5 Å². The lowest BCUT2D eigenvalue weighted by molar-refractivity contribution is 0.668. The van der Waals surface area contributed by atoms with Gasteiger partial charge in [0.05, 0.1) is 0 Å². The number of hydrogen-bond donors (Lipinski definition) is 0. The third-order valence-electron chi connectivity index (χ3n) is 2.40. The summed E-state index contributed by atoms with van der Waals surface area (Å²) in [5, 5.41) is 2.40. The Morgan fingerprint density at radius 3 is 2.33 bits per heavy atom. The van der Waals surface area contributed by atoms with E-state index >= 15 is 0 Å². The fourth-order valence-corrected chi connectivity index (χ4v) is 2.68. The molecule has 1 aromatic heterocycles. The van der Waals surface area contributed by atoms with Gasteiger partial charge in [0.2, 0.25) is 0 Å². The molecule has 0 aliphatic rings. The third kappa shape index (κ3) is 1.65. The molecule has 1 heterocycles. The van der Waals surface area contributed by atoms with E-state index in [-0.39, 0.29) is 0 Å². The second-order valence-electron chi connectivity index (χ2n) is 3.38. The molecule has 2 aromatic carbocycles. The predicted octanol–water partition coefficient (Wildman–Crippen LogP) is 4.80. The van der Waals surface area contributed by atoms with Gasteiger partial charge in [0, 0.05) is 17.9 Å². The Hall–Kier alpha value is -0.300. The van der Waals surface area contributed by atoms with Gasteiger partial charge in [0.1, 0.15) is 11.2 Å². The van der Waals surface area contributed by atoms with Crippen molar-refractivity contribution in [1.29, 1.82) is 0 Å². The minimum atomic E-state index is 0.965. The summed E-state index contributed by atoms with van der Waals surface area (Å²) in [7, 11) is 0. The van der Waals surface area contributed by atoms with Crippen LogP contribution in [0.15, 0.2) is 40.8 Å². The number of rotatable bonds is 0. The SMILES string of the molecule is Ic1ccc2c(c1)oc1ccc(I)cc12. The summed E-state index contributed by atoms with van der Waals surface area (Å²) in [5.41, 5.74) is 1.94. The van der Waals surface area contributed by atoms with E-state index in [1.165, 1.54) is 17.9 Å². The van der Waals surface area contributed by atoms with E-state index in [0.29, 0.717) is 0 Å². The number of hydrogen-bond acceptors (Lipinski definition) is 1. The zero-order valence-corrected chi connectivity index (χ0v) is 11.9. The van der Waals surface area contributed by atoms with Gasteiger partial charge in [-0.2, -0.15) is 0 Å². The zero-order valence-electron chi connectivity index (χ0n) is 7.63. The van der Waals surface area contributed by atoms with Crippen LogP contribution in [0.25, 0.3) is 21.9 Å². The van der Waals surface area contributed by atoms with Crippen LogP contribution in [0.1, 0.15) is 0 Å². The molecule has 0 saturated carbocycles. The molecule has 15 heavy (non-hydrogen) atoms. The highest BCUT2D eigenvalue weighted by atomic mass is 127. The van der Waals surface area contributed by atoms with Crippen LogP contribution in [0.2, 0.25) is 0 Å². The second-order valence-corrected chi connectivity index (χ2v) is 5.87. The maximum absolute atomic E-state index is 5.78. The molecular weight excluding hydrogens is 414 g/mol. The first-order valence-corrected chi connectivity index (χ1v) is 6.67. The van der Waals surface area contributed by atoms with E-state index in [9.17, 15) is 0 Å². The van der Waals surface area contributed by atoms with Gasteiger partial charge in [-0.1, -0.05) is 0 Å². The van der Waals surface area contributed by atoms with E-state index in [1.807, 2.05) is 6.07 Å². The summed E-state index contributed by atoms with van der Waals surface area (Å²) in [5.74, 6) is 0. The smallest absolute Gasteiger partial charge is 0.136 e. The number of fused-ring (bicyclic) bond motifs is 3. The van der Waals surface area contributed by atoms with Gasteiger partial charge in [-0.25, -0.2) is 0 Å². The minimum absolute atomic E-state index is 0.965. The van der Waals surface area contributed by atoms with E-state index in [4.69, 9.17) is 4.42 Å². The molecule has 0 fully saturated rings. The van der Waals surface area contributed by atoms with E-state index in [2.05, 4.69) is 75.5 Å². The first kappa shape index (κ1) is 9.89. The van der Waals surface area contributed by atoms with Crippen molar-refractivity contribution in [2.75, 3.05) is 0 Å². The van der Waals surface area contributed by atoms with Crippen molar-refractivity contribution in [2.24, 2.45) is 0 Å². The fraction of sp³-hybridized carbons (Fsp3) is 0. The molecule has 0 spiro atoms. The van der Waals surface area contributed by atoms with Crippen molar-refractivity contribution >= 4 is 67.1 Å². The summed E-state index contributed by atoms with van der Waals surface area (Å²) in [6, 6.07) is 12.6. The summed E-state index contributed by atoms with van der Waals surface area (Å²) < 4.78 is 8.22. The van der Waals surface area contributed by atoms with Crippen molar-refractivity contribution in [2.45, 2.75) is 0 Å². The highest BCUT2D eigenvalue weighted by Crippen LogP contribution is 2.30. The fourth-order valence-electron chi connectivity index (χ4n) is 1.72. The Balaban J connectivity index is 2.53. The molecule has 0 saturated heterocycles. The molecule has 0 aliphatic heterocycles. The average molecular weight is 420 g/mol. The van der Waals surface area contributed by atoms with Crippen LogP contribution in [0.3, 0.4) is 0 Å². The first-order chi connectivity index (χ1) is 7.24. The van der Waals surface area contributed by atoms with Crippen molar-refractivity contribution in [3.8, 4) is 0 Å². The Morgan fingerprint density at radius 2 is 1.47 bits per heavy atom. The van der Waals surface area contributed by atoms with Gasteiger partial charge in [-0.3, -0.25) is 0 Å². The van der Waals surface area contributed by atoms with E-state index in [0.717, 1.165) is 11.2 Å². The molecule has 0 N–H and O–H groups in total. The molecule has 74 valence electrons. The normalized spacial score (nSPS) is 11.3. The standard InChI is InChI=1S/C12H6I2O/c13-7-2-4-11-10(5-7)9-3-1-8(14)6-12(9)15-11/h1-6H. The van der Waals surface area contributed by atoms with Gasteiger partial charge >= 0.3 is 0 Å².